The number of rotatable bonds is 5. The molecule has 0 bridgehead atoms. The van der Waals surface area contributed by atoms with Crippen LogP contribution in [0.4, 0.5) is 34.6 Å². The summed E-state index contributed by atoms with van der Waals surface area (Å²) in [6.45, 7) is 0. The van der Waals surface area contributed by atoms with Gasteiger partial charge in [0.2, 0.25) is 0 Å². The molecule has 0 aliphatic heterocycles. The second kappa shape index (κ2) is 8.90. The number of halogens is 5. The molecule has 3 N–H and O–H groups in total. The number of carbonyl (C=O) groups excluding carboxylic acids is 1. The molecule has 0 aliphatic carbocycles. The molecule has 0 unspecified atom stereocenters. The average molecular weight is 530 g/mol. The lowest BCUT2D eigenvalue weighted by Gasteiger charge is -2.16. The molecule has 0 fully saturated rings. The number of carbonyl (C=O) groups is 1. The molecule has 0 aliphatic rings. The maximum Gasteiger partial charge on any atom is 0.340 e. The number of methoxy groups -OCH3 is 1. The SMILES string of the molecule is COC(=O)c1cc(Cc2cccc(N)c2F)c(F)c(F)c1Nc1ccc(I)cc1F. The van der Waals surface area contributed by atoms with Gasteiger partial charge >= 0.3 is 5.97 Å². The normalized spacial score (nSPS) is 10.7. The van der Waals surface area contributed by atoms with Crippen molar-refractivity contribution in [1.29, 1.82) is 0 Å². The first-order valence-corrected chi connectivity index (χ1v) is 9.65. The number of nitrogen functional groups attached to an aromatic ring is 1. The summed E-state index contributed by atoms with van der Waals surface area (Å²) in [6, 6.07) is 9.28. The number of hydrogen-bond donors (Lipinski definition) is 2. The molecular formula is C21H15F4IN2O2. The van der Waals surface area contributed by atoms with Gasteiger partial charge in [-0.1, -0.05) is 12.1 Å². The molecule has 9 heteroatoms. The molecule has 0 saturated heterocycles. The van der Waals surface area contributed by atoms with E-state index in [1.54, 1.807) is 6.07 Å². The molecule has 30 heavy (non-hydrogen) atoms. The average Bonchev–Trinajstić information content (AvgIpc) is 2.71. The van der Waals surface area contributed by atoms with E-state index >= 15 is 0 Å². The largest absolute Gasteiger partial charge is 0.465 e. The predicted molar refractivity (Wildman–Crippen MR) is 114 cm³/mol. The molecule has 0 amide bonds. The molecule has 0 aromatic heterocycles. The zero-order chi connectivity index (χ0) is 22.0. The van der Waals surface area contributed by atoms with E-state index in [0.29, 0.717) is 3.57 Å². The third kappa shape index (κ3) is 4.35. The highest BCUT2D eigenvalue weighted by molar-refractivity contribution is 14.1. The van der Waals surface area contributed by atoms with Crippen molar-refractivity contribution in [2.75, 3.05) is 18.2 Å². The van der Waals surface area contributed by atoms with Gasteiger partial charge in [0.25, 0.3) is 0 Å². The molecule has 3 aromatic carbocycles. The quantitative estimate of drug-likeness (QED) is 0.197. The van der Waals surface area contributed by atoms with Crippen molar-refractivity contribution < 1.29 is 27.1 Å². The Balaban J connectivity index is 2.11. The maximum atomic E-state index is 14.9. The Kier molecular flexibility index (Phi) is 6.49. The molecule has 0 saturated carbocycles. The van der Waals surface area contributed by atoms with Gasteiger partial charge in [0.15, 0.2) is 11.6 Å². The van der Waals surface area contributed by atoms with Gasteiger partial charge in [-0.05, 0) is 64.0 Å². The molecular weight excluding hydrogens is 515 g/mol. The lowest BCUT2D eigenvalue weighted by atomic mass is 9.99. The summed E-state index contributed by atoms with van der Waals surface area (Å²) in [7, 11) is 1.07. The molecule has 0 spiro atoms. The highest BCUT2D eigenvalue weighted by atomic mass is 127. The summed E-state index contributed by atoms with van der Waals surface area (Å²) in [4.78, 5) is 12.2. The topological polar surface area (TPSA) is 64.3 Å². The maximum absolute atomic E-state index is 14.9. The van der Waals surface area contributed by atoms with Gasteiger partial charge in [-0.25, -0.2) is 22.4 Å². The van der Waals surface area contributed by atoms with Crippen molar-refractivity contribution in [2.24, 2.45) is 0 Å². The van der Waals surface area contributed by atoms with Crippen LogP contribution in [0.5, 0.6) is 0 Å². The molecule has 4 nitrogen and oxygen atoms in total. The molecule has 0 atom stereocenters. The Bertz CT molecular complexity index is 1140. The second-order valence-electron chi connectivity index (χ2n) is 6.32. The van der Waals surface area contributed by atoms with Crippen LogP contribution in [-0.4, -0.2) is 13.1 Å². The van der Waals surface area contributed by atoms with Crippen LogP contribution < -0.4 is 11.1 Å². The van der Waals surface area contributed by atoms with Crippen LogP contribution in [0.1, 0.15) is 21.5 Å². The highest BCUT2D eigenvalue weighted by Gasteiger charge is 2.24. The van der Waals surface area contributed by atoms with Gasteiger partial charge in [-0.2, -0.15) is 0 Å². The molecule has 3 rings (SSSR count). The lowest BCUT2D eigenvalue weighted by Crippen LogP contribution is -2.12. The summed E-state index contributed by atoms with van der Waals surface area (Å²) < 4.78 is 63.3. The number of ether oxygens (including phenoxy) is 1. The number of nitrogens with two attached hydrogens (primary N) is 1. The van der Waals surface area contributed by atoms with Gasteiger partial charge in [-0.3, -0.25) is 0 Å². The van der Waals surface area contributed by atoms with Gasteiger partial charge in [0.1, 0.15) is 11.6 Å². The number of anilines is 3. The van der Waals surface area contributed by atoms with E-state index in [1.165, 1.54) is 30.3 Å². The van der Waals surface area contributed by atoms with Gasteiger partial charge in [-0.15, -0.1) is 0 Å². The van der Waals surface area contributed by atoms with Crippen LogP contribution in [0.3, 0.4) is 0 Å². The smallest absolute Gasteiger partial charge is 0.340 e. The fourth-order valence-corrected chi connectivity index (χ4v) is 3.32. The van der Waals surface area contributed by atoms with E-state index in [1.807, 2.05) is 22.6 Å². The first kappa shape index (κ1) is 21.9. The molecule has 0 heterocycles. The predicted octanol–water partition coefficient (Wildman–Crippen LogP) is 5.55. The Labute approximate surface area is 183 Å². The molecule has 156 valence electrons. The minimum Gasteiger partial charge on any atom is -0.465 e. The van der Waals surface area contributed by atoms with E-state index in [4.69, 9.17) is 5.73 Å². The minimum absolute atomic E-state index is 0.0218. The number of nitrogens with one attached hydrogen (secondary N) is 1. The van der Waals surface area contributed by atoms with E-state index in [-0.39, 0.29) is 34.5 Å². The van der Waals surface area contributed by atoms with Crippen molar-refractivity contribution in [3.8, 4) is 0 Å². The summed E-state index contributed by atoms with van der Waals surface area (Å²) in [5, 5.41) is 2.42. The second-order valence-corrected chi connectivity index (χ2v) is 7.57. The summed E-state index contributed by atoms with van der Waals surface area (Å²) >= 11 is 1.89. The van der Waals surface area contributed by atoms with Crippen LogP contribution in [0.15, 0.2) is 42.5 Å². The van der Waals surface area contributed by atoms with Crippen molar-refractivity contribution in [3.05, 3.63) is 86.0 Å². The Hall–Kier alpha value is -2.82. The van der Waals surface area contributed by atoms with E-state index in [0.717, 1.165) is 13.2 Å². The Morgan fingerprint density at radius 2 is 1.77 bits per heavy atom. The van der Waals surface area contributed by atoms with Crippen LogP contribution in [0, 0.1) is 26.8 Å². The van der Waals surface area contributed by atoms with Gasteiger partial charge in [0.05, 0.1) is 29.7 Å². The standard InChI is InChI=1S/C21H15F4IN2O2/c1-30-21(29)13-8-11(7-10-3-2-4-15(27)17(10)23)18(24)19(25)20(13)28-16-6-5-12(26)9-14(16)22/h2-6,8-9,28H,7,27H2,1H3. The van der Waals surface area contributed by atoms with Gasteiger partial charge in [0, 0.05) is 9.99 Å². The van der Waals surface area contributed by atoms with Crippen molar-refractivity contribution in [3.63, 3.8) is 0 Å². The van der Waals surface area contributed by atoms with Crippen molar-refractivity contribution in [2.45, 2.75) is 6.42 Å². The third-order valence-corrected chi connectivity index (χ3v) is 5.04. The lowest BCUT2D eigenvalue weighted by molar-refractivity contribution is 0.0601. The van der Waals surface area contributed by atoms with Gasteiger partial charge < -0.3 is 15.8 Å². The van der Waals surface area contributed by atoms with E-state index in [2.05, 4.69) is 10.1 Å². The van der Waals surface area contributed by atoms with E-state index < -0.39 is 34.9 Å². The summed E-state index contributed by atoms with van der Waals surface area (Å²) in [6.07, 6.45) is -0.359. The van der Waals surface area contributed by atoms with Crippen LogP contribution in [0.25, 0.3) is 0 Å². The summed E-state index contributed by atoms with van der Waals surface area (Å²) in [5.41, 5.74) is 3.99. The third-order valence-electron chi connectivity index (χ3n) is 4.37. The highest BCUT2D eigenvalue weighted by Crippen LogP contribution is 2.32. The number of hydrogen-bond acceptors (Lipinski definition) is 4. The fraction of sp³-hybridized carbons (Fsp3) is 0.0952. The van der Waals surface area contributed by atoms with Crippen LogP contribution >= 0.6 is 22.6 Å². The summed E-state index contributed by atoms with van der Waals surface area (Å²) in [5.74, 6) is -5.19. The monoisotopic (exact) mass is 530 g/mol. The van der Waals surface area contributed by atoms with E-state index in [9.17, 15) is 22.4 Å². The first-order valence-electron chi connectivity index (χ1n) is 8.57. The molecule has 0 radical (unpaired) electrons. The zero-order valence-corrected chi connectivity index (χ0v) is 17.7. The van der Waals surface area contributed by atoms with Crippen LogP contribution in [-0.2, 0) is 11.2 Å². The Morgan fingerprint density at radius 1 is 1.03 bits per heavy atom. The fourth-order valence-electron chi connectivity index (χ4n) is 2.87. The number of esters is 1. The first-order chi connectivity index (χ1) is 14.2. The molecule has 3 aromatic rings. The van der Waals surface area contributed by atoms with Crippen molar-refractivity contribution in [1.82, 2.24) is 0 Å². The zero-order valence-electron chi connectivity index (χ0n) is 15.5. The van der Waals surface area contributed by atoms with Crippen LogP contribution in [0.2, 0.25) is 0 Å². The number of benzene rings is 3. The minimum atomic E-state index is -1.42. The Morgan fingerprint density at radius 3 is 2.43 bits per heavy atom. The van der Waals surface area contributed by atoms with Crippen molar-refractivity contribution >= 4 is 45.6 Å².